The molecule has 0 radical (unpaired) electrons. The Labute approximate surface area is 167 Å². The monoisotopic (exact) mass is 386 g/mol. The van der Waals surface area contributed by atoms with E-state index in [0.29, 0.717) is 32.4 Å². The summed E-state index contributed by atoms with van der Waals surface area (Å²) in [7, 11) is 0. The zero-order valence-electron chi connectivity index (χ0n) is 18.9. The molecule has 0 fully saturated rings. The first-order valence-electron chi connectivity index (χ1n) is 11.1. The predicted molar refractivity (Wildman–Crippen MR) is 113 cm³/mol. The summed E-state index contributed by atoms with van der Waals surface area (Å²) in [6.45, 7) is 23.2. The maximum absolute atomic E-state index is 12.0. The predicted octanol–water partition coefficient (Wildman–Crippen LogP) is 2.14. The van der Waals surface area contributed by atoms with Crippen LogP contribution in [-0.2, 0) is 9.59 Å². The van der Waals surface area contributed by atoms with Gasteiger partial charge in [0, 0.05) is 12.8 Å². The minimum absolute atomic E-state index is 0.0582. The fourth-order valence-electron chi connectivity index (χ4n) is 3.74. The van der Waals surface area contributed by atoms with Crippen LogP contribution in [0.1, 0.15) is 60.8 Å². The smallest absolute Gasteiger partial charge is 0.220 e. The van der Waals surface area contributed by atoms with Crippen LogP contribution in [0.4, 0.5) is 0 Å². The van der Waals surface area contributed by atoms with Gasteiger partial charge in [0.1, 0.15) is 0 Å². The van der Waals surface area contributed by atoms with Gasteiger partial charge in [-0.25, -0.2) is 0 Å². The summed E-state index contributed by atoms with van der Waals surface area (Å²) in [6.07, 6.45) is 1.47. The van der Waals surface area contributed by atoms with E-state index in [1.807, 2.05) is 0 Å². The van der Waals surface area contributed by atoms with Crippen LogP contribution < -0.4 is 10.6 Å². The molecule has 0 unspecified atom stereocenters. The van der Waals surface area contributed by atoms with Gasteiger partial charge in [0.2, 0.25) is 11.8 Å². The maximum Gasteiger partial charge on any atom is 0.220 e. The number of nitrogens with zero attached hydrogens (tertiary/aromatic N) is 2. The lowest BCUT2D eigenvalue weighted by atomic mass is 10.2. The molecule has 0 heterocycles. The van der Waals surface area contributed by atoms with Crippen LogP contribution in [0.15, 0.2) is 0 Å². The second-order valence-corrected chi connectivity index (χ2v) is 7.58. The Kier molecular flexibility index (Phi) is 13.4. The van der Waals surface area contributed by atoms with E-state index in [9.17, 15) is 9.59 Å². The van der Waals surface area contributed by atoms with Crippen molar-refractivity contribution in [2.24, 2.45) is 0 Å². The third-order valence-corrected chi connectivity index (χ3v) is 6.65. The van der Waals surface area contributed by atoms with Crippen molar-refractivity contribution in [2.45, 2.75) is 60.8 Å². The van der Waals surface area contributed by atoms with Crippen molar-refractivity contribution < 1.29 is 18.6 Å². The minimum atomic E-state index is 0.0582. The summed E-state index contributed by atoms with van der Waals surface area (Å²) in [5, 5.41) is 6.02. The summed E-state index contributed by atoms with van der Waals surface area (Å²) >= 11 is 0. The second kappa shape index (κ2) is 13.9. The lowest BCUT2D eigenvalue weighted by molar-refractivity contribution is -0.922. The fraction of sp³-hybridized carbons (Fsp3) is 0.905. The summed E-state index contributed by atoms with van der Waals surface area (Å²) < 4.78 is 2.08. The van der Waals surface area contributed by atoms with Crippen molar-refractivity contribution in [1.82, 2.24) is 10.6 Å². The van der Waals surface area contributed by atoms with Gasteiger partial charge in [-0.15, -0.1) is 0 Å². The molecule has 0 saturated carbocycles. The Morgan fingerprint density at radius 2 is 0.889 bits per heavy atom. The van der Waals surface area contributed by atoms with Crippen LogP contribution in [0, 0.1) is 0 Å². The molecule has 0 aromatic heterocycles. The molecule has 0 aliphatic heterocycles. The maximum atomic E-state index is 12.0. The Morgan fingerprint density at radius 3 is 1.15 bits per heavy atom. The zero-order chi connectivity index (χ0) is 20.8. The Bertz CT molecular complexity index is 364. The number of amides is 2. The Morgan fingerprint density at radius 1 is 0.593 bits per heavy atom. The average Bonchev–Trinajstić information content (AvgIpc) is 2.69. The molecule has 160 valence electrons. The highest BCUT2D eigenvalue weighted by Crippen LogP contribution is 2.05. The molecule has 6 nitrogen and oxygen atoms in total. The molecule has 0 rings (SSSR count). The number of rotatable bonds is 16. The largest absolute Gasteiger partial charge is 0.350 e. The van der Waals surface area contributed by atoms with Gasteiger partial charge in [-0.1, -0.05) is 0 Å². The van der Waals surface area contributed by atoms with E-state index >= 15 is 0 Å². The van der Waals surface area contributed by atoms with Gasteiger partial charge in [0.15, 0.2) is 0 Å². The van der Waals surface area contributed by atoms with Gasteiger partial charge in [-0.3, -0.25) is 9.59 Å². The molecular formula is C21H46N4O2+2. The molecule has 0 bridgehead atoms. The van der Waals surface area contributed by atoms with Crippen LogP contribution in [0.2, 0.25) is 0 Å². The number of quaternary nitrogens is 2. The molecule has 0 aliphatic rings. The number of hydrogen-bond donors (Lipinski definition) is 2. The van der Waals surface area contributed by atoms with E-state index in [2.05, 4.69) is 52.2 Å². The second-order valence-electron chi connectivity index (χ2n) is 7.58. The number of likely N-dealkylation sites (N-methyl/N-ethyl adjacent to an activating group) is 2. The highest BCUT2D eigenvalue weighted by molar-refractivity contribution is 5.78. The number of hydrogen-bond acceptors (Lipinski definition) is 2. The summed E-state index contributed by atoms with van der Waals surface area (Å²) in [5.41, 5.74) is 0. The lowest BCUT2D eigenvalue weighted by Crippen LogP contribution is -2.51. The van der Waals surface area contributed by atoms with Crippen molar-refractivity contribution in [3.63, 3.8) is 0 Å². The first-order valence-corrected chi connectivity index (χ1v) is 11.1. The topological polar surface area (TPSA) is 58.2 Å². The molecular weight excluding hydrogens is 340 g/mol. The molecule has 27 heavy (non-hydrogen) atoms. The summed E-state index contributed by atoms with van der Waals surface area (Å²) in [6, 6.07) is 0. The zero-order valence-corrected chi connectivity index (χ0v) is 18.9. The third kappa shape index (κ3) is 9.56. The molecule has 0 aromatic carbocycles. The first kappa shape index (κ1) is 25.9. The van der Waals surface area contributed by atoms with E-state index in [4.69, 9.17) is 0 Å². The SMILES string of the molecule is CC[N+](CC)(CC)CCNC(=O)CCCC(=O)NCC[N+](CC)(CC)CC. The highest BCUT2D eigenvalue weighted by Gasteiger charge is 2.21. The number of carbonyl (C=O) groups is 2. The van der Waals surface area contributed by atoms with Gasteiger partial charge in [0.05, 0.1) is 65.4 Å². The van der Waals surface area contributed by atoms with Gasteiger partial charge < -0.3 is 19.6 Å². The number of carbonyl (C=O) groups excluding carboxylic acids is 2. The van der Waals surface area contributed by atoms with Crippen LogP contribution in [0.25, 0.3) is 0 Å². The molecule has 0 saturated heterocycles. The van der Waals surface area contributed by atoms with E-state index in [1.165, 1.54) is 0 Å². The van der Waals surface area contributed by atoms with Crippen LogP contribution in [-0.4, -0.2) is 86.2 Å². The van der Waals surface area contributed by atoms with Crippen molar-refractivity contribution in [1.29, 1.82) is 0 Å². The van der Waals surface area contributed by atoms with E-state index in [1.54, 1.807) is 0 Å². The van der Waals surface area contributed by atoms with Crippen molar-refractivity contribution in [3.8, 4) is 0 Å². The molecule has 2 N–H and O–H groups in total. The number of nitrogens with one attached hydrogen (secondary N) is 2. The van der Waals surface area contributed by atoms with Gasteiger partial charge in [-0.2, -0.15) is 0 Å². The van der Waals surface area contributed by atoms with E-state index < -0.39 is 0 Å². The fourth-order valence-corrected chi connectivity index (χ4v) is 3.74. The third-order valence-electron chi connectivity index (χ3n) is 6.65. The normalized spacial score (nSPS) is 12.1. The van der Waals surface area contributed by atoms with Crippen molar-refractivity contribution in [2.75, 3.05) is 65.4 Å². The molecule has 0 spiro atoms. The van der Waals surface area contributed by atoms with Crippen LogP contribution in [0.5, 0.6) is 0 Å². The van der Waals surface area contributed by atoms with Gasteiger partial charge in [0.25, 0.3) is 0 Å². The molecule has 6 heteroatoms. The van der Waals surface area contributed by atoms with E-state index in [0.717, 1.165) is 61.3 Å². The standard InChI is InChI=1S/C21H44N4O2/c1-7-24(8-2,9-3)18-16-22-20(26)14-13-15-21(27)23-17-19-25(10-4,11-5)12-6/h7-19H2,1-6H3/p+2. The van der Waals surface area contributed by atoms with Crippen molar-refractivity contribution >= 4 is 11.8 Å². The van der Waals surface area contributed by atoms with Crippen molar-refractivity contribution in [3.05, 3.63) is 0 Å². The van der Waals surface area contributed by atoms with Gasteiger partial charge >= 0.3 is 0 Å². The van der Waals surface area contributed by atoms with Crippen LogP contribution >= 0.6 is 0 Å². The average molecular weight is 387 g/mol. The lowest BCUT2D eigenvalue weighted by Gasteiger charge is -2.35. The first-order chi connectivity index (χ1) is 12.9. The highest BCUT2D eigenvalue weighted by atomic mass is 16.2. The summed E-state index contributed by atoms with van der Waals surface area (Å²) in [5.74, 6) is 0.116. The minimum Gasteiger partial charge on any atom is -0.350 e. The van der Waals surface area contributed by atoms with Gasteiger partial charge in [-0.05, 0) is 48.0 Å². The van der Waals surface area contributed by atoms with Crippen LogP contribution in [0.3, 0.4) is 0 Å². The molecule has 0 aliphatic carbocycles. The Balaban J connectivity index is 3.96. The quantitative estimate of drug-likeness (QED) is 0.399. The molecule has 2 amide bonds. The molecule has 0 aromatic rings. The summed E-state index contributed by atoms with van der Waals surface area (Å²) in [4.78, 5) is 24.0. The molecule has 0 atom stereocenters. The Hall–Kier alpha value is -1.14. The van der Waals surface area contributed by atoms with E-state index in [-0.39, 0.29) is 11.8 Å².